The number of carbonyl (C=O) groups excluding carboxylic acids is 1. The lowest BCUT2D eigenvalue weighted by molar-refractivity contribution is 0.0600. The molecule has 15 heavy (non-hydrogen) atoms. The summed E-state index contributed by atoms with van der Waals surface area (Å²) >= 11 is 3.35. The number of aryl methyl sites for hydroxylation is 1. The fraction of sp³-hybridized carbons (Fsp3) is 0.273. The van der Waals surface area contributed by atoms with Crippen LogP contribution in [0.5, 0.6) is 0 Å². The van der Waals surface area contributed by atoms with E-state index in [1.807, 2.05) is 13.0 Å². The van der Waals surface area contributed by atoms with E-state index in [1.54, 1.807) is 12.1 Å². The third-order valence-electron chi connectivity index (χ3n) is 2.09. The van der Waals surface area contributed by atoms with Crippen molar-refractivity contribution in [2.24, 2.45) is 0 Å². The molecule has 0 atom stereocenters. The highest BCUT2D eigenvalue weighted by Gasteiger charge is 2.14. The van der Waals surface area contributed by atoms with Crippen LogP contribution in [-0.2, 0) is 11.2 Å². The highest BCUT2D eigenvalue weighted by Crippen LogP contribution is 2.22. The molecule has 0 fully saturated rings. The number of hydrogen-bond donors (Lipinski definition) is 0. The Bertz CT molecular complexity index is 435. The predicted octanol–water partition coefficient (Wildman–Crippen LogP) is 2.67. The first-order valence-electron chi connectivity index (χ1n) is 4.44. The number of halogens is 1. The molecule has 0 heterocycles. The van der Waals surface area contributed by atoms with Gasteiger partial charge in [0, 0.05) is 4.47 Å². The van der Waals surface area contributed by atoms with Crippen molar-refractivity contribution in [1.82, 2.24) is 0 Å². The van der Waals surface area contributed by atoms with Gasteiger partial charge < -0.3 is 4.74 Å². The van der Waals surface area contributed by atoms with Crippen LogP contribution in [0.4, 0.5) is 0 Å². The van der Waals surface area contributed by atoms with E-state index in [4.69, 9.17) is 5.26 Å². The number of esters is 1. The van der Waals surface area contributed by atoms with Gasteiger partial charge in [0.05, 0.1) is 18.2 Å². The zero-order chi connectivity index (χ0) is 11.4. The van der Waals surface area contributed by atoms with Crippen LogP contribution in [0, 0.1) is 11.3 Å². The Kier molecular flexibility index (Phi) is 3.87. The maximum Gasteiger partial charge on any atom is 0.339 e. The number of methoxy groups -OCH3 is 1. The number of ether oxygens (including phenoxy) is 1. The van der Waals surface area contributed by atoms with Crippen molar-refractivity contribution in [1.29, 1.82) is 5.26 Å². The average Bonchev–Trinajstić information content (AvgIpc) is 2.27. The van der Waals surface area contributed by atoms with Crippen LogP contribution >= 0.6 is 15.9 Å². The Balaban J connectivity index is 3.37. The van der Waals surface area contributed by atoms with Crippen LogP contribution in [0.2, 0.25) is 0 Å². The van der Waals surface area contributed by atoms with Crippen molar-refractivity contribution in [3.05, 3.63) is 33.3 Å². The smallest absolute Gasteiger partial charge is 0.339 e. The summed E-state index contributed by atoms with van der Waals surface area (Å²) in [6.07, 6.45) is 0.788. The monoisotopic (exact) mass is 267 g/mol. The van der Waals surface area contributed by atoms with E-state index in [2.05, 4.69) is 20.7 Å². The first-order valence-corrected chi connectivity index (χ1v) is 5.24. The average molecular weight is 268 g/mol. The molecular formula is C11H10BrNO2. The summed E-state index contributed by atoms with van der Waals surface area (Å²) in [5, 5.41) is 8.87. The molecule has 78 valence electrons. The molecule has 0 N–H and O–H groups in total. The zero-order valence-electron chi connectivity index (χ0n) is 8.50. The fourth-order valence-electron chi connectivity index (χ4n) is 1.26. The molecule has 0 amide bonds. The minimum atomic E-state index is -0.478. The van der Waals surface area contributed by atoms with E-state index >= 15 is 0 Å². The molecule has 0 radical (unpaired) electrons. The first-order chi connectivity index (χ1) is 7.13. The maximum absolute atomic E-state index is 11.4. The molecule has 0 unspecified atom stereocenters. The van der Waals surface area contributed by atoms with Gasteiger partial charge in [0.25, 0.3) is 0 Å². The topological polar surface area (TPSA) is 50.1 Å². The quantitative estimate of drug-likeness (QED) is 0.775. The largest absolute Gasteiger partial charge is 0.465 e. The molecular weight excluding hydrogens is 258 g/mol. The molecule has 0 aliphatic rings. The summed E-state index contributed by atoms with van der Waals surface area (Å²) < 4.78 is 5.45. The number of rotatable bonds is 2. The highest BCUT2D eigenvalue weighted by atomic mass is 79.9. The summed E-state index contributed by atoms with van der Waals surface area (Å²) in [6.45, 7) is 1.98. The van der Waals surface area contributed by atoms with Crippen molar-refractivity contribution < 1.29 is 9.53 Å². The second-order valence-corrected chi connectivity index (χ2v) is 3.80. The van der Waals surface area contributed by atoms with Gasteiger partial charge in [-0.2, -0.15) is 5.26 Å². The Morgan fingerprint density at radius 3 is 2.73 bits per heavy atom. The zero-order valence-corrected chi connectivity index (χ0v) is 10.1. The van der Waals surface area contributed by atoms with Crippen LogP contribution < -0.4 is 0 Å². The minimum absolute atomic E-state index is 0.319. The highest BCUT2D eigenvalue weighted by molar-refractivity contribution is 9.10. The maximum atomic E-state index is 11.4. The Labute approximate surface area is 96.8 Å². The Hall–Kier alpha value is -1.34. The van der Waals surface area contributed by atoms with E-state index < -0.39 is 5.97 Å². The Morgan fingerprint density at radius 1 is 1.60 bits per heavy atom. The first kappa shape index (κ1) is 11.7. The summed E-state index contributed by atoms with van der Waals surface area (Å²) in [5.41, 5.74) is 1.63. The van der Waals surface area contributed by atoms with E-state index in [-0.39, 0.29) is 0 Å². The summed E-state index contributed by atoms with van der Waals surface area (Å²) in [4.78, 5) is 11.4. The van der Waals surface area contributed by atoms with Crippen molar-refractivity contribution >= 4 is 21.9 Å². The third-order valence-corrected chi connectivity index (χ3v) is 2.83. The lowest BCUT2D eigenvalue weighted by atomic mass is 10.0. The number of carbonyl (C=O) groups is 1. The van der Waals surface area contributed by atoms with Crippen molar-refractivity contribution in [3.63, 3.8) is 0 Å². The molecule has 1 aromatic carbocycles. The van der Waals surface area contributed by atoms with Crippen molar-refractivity contribution in [2.45, 2.75) is 13.3 Å². The van der Waals surface area contributed by atoms with Gasteiger partial charge in [-0.05, 0) is 24.1 Å². The van der Waals surface area contributed by atoms with Crippen LogP contribution in [0.3, 0.4) is 0 Å². The SMILES string of the molecule is CCc1cc(C(=O)OC)c(C#N)cc1Br. The second-order valence-electron chi connectivity index (χ2n) is 2.95. The molecule has 0 spiro atoms. The lowest BCUT2D eigenvalue weighted by Gasteiger charge is -2.06. The predicted molar refractivity (Wildman–Crippen MR) is 59.6 cm³/mol. The summed E-state index contributed by atoms with van der Waals surface area (Å²) in [7, 11) is 1.30. The number of nitriles is 1. The molecule has 4 heteroatoms. The molecule has 0 saturated heterocycles. The van der Waals surface area contributed by atoms with Gasteiger partial charge in [0.2, 0.25) is 0 Å². The summed E-state index contributed by atoms with van der Waals surface area (Å²) in [5.74, 6) is -0.478. The van der Waals surface area contributed by atoms with E-state index in [9.17, 15) is 4.79 Å². The van der Waals surface area contributed by atoms with E-state index in [0.29, 0.717) is 11.1 Å². The van der Waals surface area contributed by atoms with Crippen LogP contribution in [0.15, 0.2) is 16.6 Å². The van der Waals surface area contributed by atoms with Crippen LogP contribution in [0.25, 0.3) is 0 Å². The molecule has 0 aliphatic heterocycles. The molecule has 0 aliphatic carbocycles. The molecule has 0 saturated carbocycles. The molecule has 3 nitrogen and oxygen atoms in total. The van der Waals surface area contributed by atoms with Crippen molar-refractivity contribution in [3.8, 4) is 6.07 Å². The minimum Gasteiger partial charge on any atom is -0.465 e. The third kappa shape index (κ3) is 2.37. The van der Waals surface area contributed by atoms with Gasteiger partial charge in [0.1, 0.15) is 6.07 Å². The normalized spacial score (nSPS) is 9.47. The molecule has 0 bridgehead atoms. The van der Waals surface area contributed by atoms with E-state index in [1.165, 1.54) is 7.11 Å². The number of nitrogens with zero attached hydrogens (tertiary/aromatic N) is 1. The number of hydrogen-bond acceptors (Lipinski definition) is 3. The fourth-order valence-corrected chi connectivity index (χ4v) is 1.88. The lowest BCUT2D eigenvalue weighted by Crippen LogP contribution is -2.05. The van der Waals surface area contributed by atoms with Crippen LogP contribution in [0.1, 0.15) is 28.4 Å². The van der Waals surface area contributed by atoms with Gasteiger partial charge in [-0.1, -0.05) is 22.9 Å². The van der Waals surface area contributed by atoms with Crippen LogP contribution in [-0.4, -0.2) is 13.1 Å². The summed E-state index contributed by atoms with van der Waals surface area (Å²) in [6, 6.07) is 5.30. The van der Waals surface area contributed by atoms with E-state index in [0.717, 1.165) is 16.5 Å². The van der Waals surface area contributed by atoms with Gasteiger partial charge in [-0.15, -0.1) is 0 Å². The molecule has 1 rings (SSSR count). The number of benzene rings is 1. The van der Waals surface area contributed by atoms with Gasteiger partial charge >= 0.3 is 5.97 Å². The van der Waals surface area contributed by atoms with Gasteiger partial charge in [0.15, 0.2) is 0 Å². The molecule has 1 aromatic rings. The second kappa shape index (κ2) is 4.94. The molecule has 0 aromatic heterocycles. The standard InChI is InChI=1S/C11H10BrNO2/c1-3-7-4-9(11(14)15-2)8(6-13)5-10(7)12/h4-5H,3H2,1-2H3. The van der Waals surface area contributed by atoms with Gasteiger partial charge in [-0.25, -0.2) is 4.79 Å². The van der Waals surface area contributed by atoms with Gasteiger partial charge in [-0.3, -0.25) is 0 Å². The van der Waals surface area contributed by atoms with Crippen molar-refractivity contribution in [2.75, 3.05) is 7.11 Å². The Morgan fingerprint density at radius 2 is 2.27 bits per heavy atom.